The summed E-state index contributed by atoms with van der Waals surface area (Å²) in [7, 11) is -3.77. The Morgan fingerprint density at radius 1 is 0.857 bits per heavy atom. The van der Waals surface area contributed by atoms with Crippen LogP contribution < -0.4 is 10.6 Å². The summed E-state index contributed by atoms with van der Waals surface area (Å²) in [6.07, 6.45) is -0.900. The molecule has 1 unspecified atom stereocenters. The molecule has 0 aliphatic rings. The average Bonchev–Trinajstić information content (AvgIpc) is 2.89. The van der Waals surface area contributed by atoms with E-state index in [0.29, 0.717) is 5.30 Å². The quantitative estimate of drug-likeness (QED) is 0.279. The molecule has 0 aliphatic heterocycles. The summed E-state index contributed by atoms with van der Waals surface area (Å²) in [5.41, 5.74) is 1.72. The second-order valence-corrected chi connectivity index (χ2v) is 9.70. The van der Waals surface area contributed by atoms with Crippen LogP contribution in [0.3, 0.4) is 0 Å². The standard InChI is InChI=1S/C27H30NO6P/c1-2-33-35(31,24-16-10-5-11-17-24)34-25(20-22-12-6-3-7-13-22)27(30)28-19-18-26(29)32-21-23-14-8-4-9-15-23/h3-17,25H,2,18-21H2,1H3,(H,28,30)/t25-,35?/m0/s1. The van der Waals surface area contributed by atoms with Crippen LogP contribution in [-0.4, -0.2) is 31.1 Å². The first kappa shape index (κ1) is 26.4. The first-order valence-corrected chi connectivity index (χ1v) is 13.0. The maximum Gasteiger partial charge on any atom is 0.362 e. The van der Waals surface area contributed by atoms with Crippen LogP contribution in [0.4, 0.5) is 0 Å². The molecule has 0 heterocycles. The Morgan fingerprint density at radius 3 is 2.03 bits per heavy atom. The van der Waals surface area contributed by atoms with E-state index >= 15 is 0 Å². The van der Waals surface area contributed by atoms with Crippen LogP contribution in [0.25, 0.3) is 0 Å². The third-order valence-electron chi connectivity index (χ3n) is 5.06. The van der Waals surface area contributed by atoms with Gasteiger partial charge < -0.3 is 14.6 Å². The van der Waals surface area contributed by atoms with Gasteiger partial charge in [0.05, 0.1) is 18.3 Å². The van der Waals surface area contributed by atoms with Crippen molar-refractivity contribution in [3.05, 3.63) is 102 Å². The van der Waals surface area contributed by atoms with Gasteiger partial charge in [-0.3, -0.25) is 18.7 Å². The first-order chi connectivity index (χ1) is 17.0. The predicted molar refractivity (Wildman–Crippen MR) is 134 cm³/mol. The van der Waals surface area contributed by atoms with E-state index in [2.05, 4.69) is 5.32 Å². The highest BCUT2D eigenvalue weighted by Crippen LogP contribution is 2.48. The predicted octanol–water partition coefficient (Wildman–Crippen LogP) is 4.42. The highest BCUT2D eigenvalue weighted by molar-refractivity contribution is 7.62. The number of carbonyl (C=O) groups excluding carboxylic acids is 2. The molecule has 0 spiro atoms. The van der Waals surface area contributed by atoms with Crippen molar-refractivity contribution in [1.82, 2.24) is 5.32 Å². The van der Waals surface area contributed by atoms with Gasteiger partial charge in [0, 0.05) is 13.0 Å². The number of rotatable bonds is 13. The lowest BCUT2D eigenvalue weighted by molar-refractivity contribution is -0.144. The van der Waals surface area contributed by atoms with E-state index in [1.807, 2.05) is 60.7 Å². The highest BCUT2D eigenvalue weighted by atomic mass is 31.2. The van der Waals surface area contributed by atoms with E-state index < -0.39 is 25.6 Å². The number of carbonyl (C=O) groups is 2. The smallest absolute Gasteiger partial charge is 0.362 e. The molecule has 35 heavy (non-hydrogen) atoms. The van der Waals surface area contributed by atoms with Gasteiger partial charge in [0.2, 0.25) is 5.91 Å². The fourth-order valence-corrected chi connectivity index (χ4v) is 5.05. The maximum atomic E-state index is 13.6. The van der Waals surface area contributed by atoms with Crippen molar-refractivity contribution >= 4 is 24.8 Å². The van der Waals surface area contributed by atoms with Gasteiger partial charge in [-0.15, -0.1) is 0 Å². The highest BCUT2D eigenvalue weighted by Gasteiger charge is 2.34. The Kier molecular flexibility index (Phi) is 10.2. The minimum atomic E-state index is -3.77. The number of amides is 1. The second-order valence-electron chi connectivity index (χ2n) is 7.72. The van der Waals surface area contributed by atoms with Gasteiger partial charge >= 0.3 is 13.6 Å². The van der Waals surface area contributed by atoms with Crippen molar-refractivity contribution in [1.29, 1.82) is 0 Å². The van der Waals surface area contributed by atoms with Crippen LogP contribution >= 0.6 is 7.60 Å². The zero-order chi connectivity index (χ0) is 24.9. The SMILES string of the molecule is CCOP(=O)(O[C@@H](Cc1ccccc1)C(=O)NCCC(=O)OCc1ccccc1)c1ccccc1. The summed E-state index contributed by atoms with van der Waals surface area (Å²) in [4.78, 5) is 25.1. The molecule has 3 aromatic rings. The van der Waals surface area contributed by atoms with E-state index in [4.69, 9.17) is 13.8 Å². The molecule has 0 aromatic heterocycles. The molecule has 3 rings (SSSR count). The van der Waals surface area contributed by atoms with Gasteiger partial charge in [-0.1, -0.05) is 78.9 Å². The van der Waals surface area contributed by atoms with Crippen molar-refractivity contribution in [3.63, 3.8) is 0 Å². The molecule has 2 atom stereocenters. The van der Waals surface area contributed by atoms with Gasteiger partial charge in [0.15, 0.2) is 0 Å². The Morgan fingerprint density at radius 2 is 1.43 bits per heavy atom. The van der Waals surface area contributed by atoms with Crippen molar-refractivity contribution in [3.8, 4) is 0 Å². The largest absolute Gasteiger partial charge is 0.461 e. The van der Waals surface area contributed by atoms with Crippen LogP contribution in [0.5, 0.6) is 0 Å². The van der Waals surface area contributed by atoms with E-state index in [9.17, 15) is 14.2 Å². The van der Waals surface area contributed by atoms with Gasteiger partial charge in [-0.25, -0.2) is 0 Å². The number of nitrogens with one attached hydrogen (secondary N) is 1. The third-order valence-corrected chi connectivity index (χ3v) is 7.13. The Hall–Kier alpha value is -3.25. The molecule has 0 fully saturated rings. The molecule has 0 saturated carbocycles. The monoisotopic (exact) mass is 495 g/mol. The number of esters is 1. The lowest BCUT2D eigenvalue weighted by Gasteiger charge is -2.24. The summed E-state index contributed by atoms with van der Waals surface area (Å²) in [6.45, 7) is 2.10. The molecule has 8 heteroatoms. The van der Waals surface area contributed by atoms with Crippen LogP contribution in [0.2, 0.25) is 0 Å². The lowest BCUT2D eigenvalue weighted by Crippen LogP contribution is -2.39. The Balaban J connectivity index is 1.63. The van der Waals surface area contributed by atoms with Crippen molar-refractivity contribution in [2.24, 2.45) is 0 Å². The molecule has 184 valence electrons. The summed E-state index contributed by atoms with van der Waals surface area (Å²) in [6, 6.07) is 27.2. The number of hydrogen-bond donors (Lipinski definition) is 1. The van der Waals surface area contributed by atoms with Crippen LogP contribution in [-0.2, 0) is 41.0 Å². The molecule has 0 saturated heterocycles. The molecule has 1 N–H and O–H groups in total. The number of hydrogen-bond acceptors (Lipinski definition) is 6. The maximum absolute atomic E-state index is 13.6. The van der Waals surface area contributed by atoms with Gasteiger partial charge in [-0.2, -0.15) is 0 Å². The third kappa shape index (κ3) is 8.48. The van der Waals surface area contributed by atoms with Crippen LogP contribution in [0, 0.1) is 0 Å². The Labute approximate surface area is 206 Å². The normalized spacial score (nSPS) is 13.4. The molecular weight excluding hydrogens is 465 g/mol. The van der Waals surface area contributed by atoms with E-state index in [0.717, 1.165) is 11.1 Å². The average molecular weight is 496 g/mol. The molecule has 0 bridgehead atoms. The molecule has 0 radical (unpaired) electrons. The first-order valence-electron chi connectivity index (χ1n) is 11.5. The van der Waals surface area contributed by atoms with Gasteiger partial charge in [-0.05, 0) is 30.2 Å². The summed E-state index contributed by atoms with van der Waals surface area (Å²) < 4.78 is 30.3. The topological polar surface area (TPSA) is 90.9 Å². The number of benzene rings is 3. The molecule has 7 nitrogen and oxygen atoms in total. The van der Waals surface area contributed by atoms with Crippen molar-refractivity contribution < 1.29 is 27.9 Å². The summed E-state index contributed by atoms with van der Waals surface area (Å²) >= 11 is 0. The molecule has 3 aromatic carbocycles. The van der Waals surface area contributed by atoms with E-state index in [1.54, 1.807) is 37.3 Å². The lowest BCUT2D eigenvalue weighted by atomic mass is 10.1. The van der Waals surface area contributed by atoms with Gasteiger partial charge in [0.25, 0.3) is 0 Å². The van der Waals surface area contributed by atoms with Crippen molar-refractivity contribution in [2.45, 2.75) is 32.5 Å². The summed E-state index contributed by atoms with van der Waals surface area (Å²) in [5.74, 6) is -0.917. The van der Waals surface area contributed by atoms with Gasteiger partial charge in [0.1, 0.15) is 12.7 Å². The van der Waals surface area contributed by atoms with E-state index in [-0.39, 0.29) is 32.6 Å². The zero-order valence-corrected chi connectivity index (χ0v) is 20.6. The minimum absolute atomic E-state index is 0.00155. The minimum Gasteiger partial charge on any atom is -0.461 e. The second kappa shape index (κ2) is 13.6. The molecular formula is C27H30NO6P. The van der Waals surface area contributed by atoms with Crippen LogP contribution in [0.15, 0.2) is 91.0 Å². The van der Waals surface area contributed by atoms with Crippen molar-refractivity contribution in [2.75, 3.05) is 13.2 Å². The fraction of sp³-hybridized carbons (Fsp3) is 0.259. The number of ether oxygens (including phenoxy) is 1. The molecule has 0 aliphatic carbocycles. The molecule has 1 amide bonds. The summed E-state index contributed by atoms with van der Waals surface area (Å²) in [5, 5.41) is 3.08. The Bertz CT molecular complexity index is 1110. The van der Waals surface area contributed by atoms with Crippen LogP contribution in [0.1, 0.15) is 24.5 Å². The fourth-order valence-electron chi connectivity index (χ4n) is 3.33. The zero-order valence-electron chi connectivity index (χ0n) is 19.7. The van der Waals surface area contributed by atoms with E-state index in [1.165, 1.54) is 0 Å².